The van der Waals surface area contributed by atoms with Gasteiger partial charge in [-0.05, 0) is 31.4 Å². The highest BCUT2D eigenvalue weighted by molar-refractivity contribution is 7.11. The number of piperidine rings is 1. The Morgan fingerprint density at radius 2 is 2.06 bits per heavy atom. The monoisotopic (exact) mass is 287 g/mol. The maximum absolute atomic E-state index is 5.70. The molecule has 1 aliphatic heterocycles. The van der Waals surface area contributed by atoms with E-state index >= 15 is 0 Å². The van der Waals surface area contributed by atoms with Gasteiger partial charge in [0.05, 0.1) is 12.7 Å². The van der Waals surface area contributed by atoms with E-state index in [-0.39, 0.29) is 0 Å². The van der Waals surface area contributed by atoms with Gasteiger partial charge in [-0.3, -0.25) is 4.90 Å². The summed E-state index contributed by atoms with van der Waals surface area (Å²) in [5, 5.41) is 0. The molecule has 18 heavy (non-hydrogen) atoms. The summed E-state index contributed by atoms with van der Waals surface area (Å²) in [5.41, 5.74) is 0. The largest absolute Gasteiger partial charge is 0.377 e. The summed E-state index contributed by atoms with van der Waals surface area (Å²) in [6, 6.07) is 4.54. The van der Waals surface area contributed by atoms with E-state index in [9.17, 15) is 0 Å². The average molecular weight is 288 g/mol. The predicted molar refractivity (Wildman–Crippen MR) is 78.7 cm³/mol. The second-order valence-corrected chi connectivity index (χ2v) is 6.39. The third-order valence-corrected chi connectivity index (χ3v) is 4.78. The van der Waals surface area contributed by atoms with E-state index in [4.69, 9.17) is 16.3 Å². The van der Waals surface area contributed by atoms with Crippen molar-refractivity contribution in [3.05, 3.63) is 21.9 Å². The Morgan fingerprint density at radius 3 is 2.67 bits per heavy atom. The van der Waals surface area contributed by atoms with Crippen molar-refractivity contribution in [2.75, 3.05) is 25.6 Å². The molecule has 1 aliphatic rings. The quantitative estimate of drug-likeness (QED) is 0.742. The minimum absolute atomic E-state index is 0.425. The number of rotatable bonds is 6. The second kappa shape index (κ2) is 7.49. The minimum atomic E-state index is 0.425. The van der Waals surface area contributed by atoms with E-state index in [1.165, 1.54) is 9.75 Å². The first-order valence-electron chi connectivity index (χ1n) is 6.79. The third-order valence-electron chi connectivity index (χ3n) is 3.41. The van der Waals surface area contributed by atoms with Crippen molar-refractivity contribution < 1.29 is 4.74 Å². The van der Waals surface area contributed by atoms with Gasteiger partial charge in [-0.1, -0.05) is 6.92 Å². The summed E-state index contributed by atoms with van der Waals surface area (Å²) in [6.45, 7) is 6.30. The molecule has 0 aromatic carbocycles. The predicted octanol–water partition coefficient (Wildman–Crippen LogP) is 3.53. The van der Waals surface area contributed by atoms with E-state index in [0.29, 0.717) is 18.6 Å². The van der Waals surface area contributed by atoms with Gasteiger partial charge in [0.25, 0.3) is 0 Å². The fraction of sp³-hybridized carbons (Fsp3) is 0.714. The lowest BCUT2D eigenvalue weighted by Gasteiger charge is -2.31. The number of halogens is 1. The van der Waals surface area contributed by atoms with Crippen molar-refractivity contribution in [3.8, 4) is 0 Å². The van der Waals surface area contributed by atoms with Crippen LogP contribution in [0.5, 0.6) is 0 Å². The molecular formula is C14H22ClNOS. The van der Waals surface area contributed by atoms with Gasteiger partial charge in [-0.15, -0.1) is 22.9 Å². The van der Waals surface area contributed by atoms with E-state index in [0.717, 1.165) is 38.9 Å². The fourth-order valence-electron chi connectivity index (χ4n) is 2.36. The van der Waals surface area contributed by atoms with Crippen LogP contribution in [0.4, 0.5) is 0 Å². The highest BCUT2D eigenvalue weighted by Crippen LogP contribution is 2.21. The molecule has 0 radical (unpaired) electrons. The molecule has 1 saturated heterocycles. The first-order chi connectivity index (χ1) is 8.81. The van der Waals surface area contributed by atoms with Crippen molar-refractivity contribution in [1.82, 2.24) is 4.90 Å². The first-order valence-corrected chi connectivity index (χ1v) is 8.14. The van der Waals surface area contributed by atoms with Crippen LogP contribution in [0.1, 0.15) is 29.5 Å². The van der Waals surface area contributed by atoms with Gasteiger partial charge in [-0.2, -0.15) is 0 Å². The normalized spacial score (nSPS) is 18.3. The van der Waals surface area contributed by atoms with Crippen LogP contribution in [-0.4, -0.2) is 36.6 Å². The molecule has 1 fully saturated rings. The lowest BCUT2D eigenvalue weighted by atomic mass is 10.1. The first kappa shape index (κ1) is 14.3. The van der Waals surface area contributed by atoms with Gasteiger partial charge >= 0.3 is 0 Å². The summed E-state index contributed by atoms with van der Waals surface area (Å²) in [5.74, 6) is 0.606. The molecule has 0 atom stereocenters. The third kappa shape index (κ3) is 4.23. The Balaban J connectivity index is 1.73. The molecule has 0 amide bonds. The molecule has 1 aromatic heterocycles. The van der Waals surface area contributed by atoms with Crippen LogP contribution < -0.4 is 0 Å². The van der Waals surface area contributed by atoms with Gasteiger partial charge in [0, 0.05) is 35.3 Å². The smallest absolute Gasteiger partial charge is 0.0605 e. The van der Waals surface area contributed by atoms with Gasteiger partial charge in [0.15, 0.2) is 0 Å². The van der Waals surface area contributed by atoms with E-state index in [2.05, 4.69) is 24.0 Å². The van der Waals surface area contributed by atoms with E-state index in [1.807, 2.05) is 11.3 Å². The zero-order valence-corrected chi connectivity index (χ0v) is 12.6. The molecule has 102 valence electrons. The number of likely N-dealkylation sites (tertiary alicyclic amines) is 1. The standard InChI is InChI=1S/C14H22ClNOS/c1-2-13-3-4-14(18-13)11-16-8-5-12(6-9-16)17-10-7-15/h3-4,12H,2,5-11H2,1H3. The second-order valence-electron chi connectivity index (χ2n) is 4.76. The maximum Gasteiger partial charge on any atom is 0.0605 e. The zero-order chi connectivity index (χ0) is 12.8. The topological polar surface area (TPSA) is 12.5 Å². The SMILES string of the molecule is CCc1ccc(CN2CCC(OCCCl)CC2)s1. The van der Waals surface area contributed by atoms with Crippen molar-refractivity contribution in [2.45, 2.75) is 38.8 Å². The summed E-state index contributed by atoms with van der Waals surface area (Å²) >= 11 is 7.59. The lowest BCUT2D eigenvalue weighted by Crippen LogP contribution is -2.36. The number of thiophene rings is 1. The number of ether oxygens (including phenoxy) is 1. The number of aryl methyl sites for hydroxylation is 1. The van der Waals surface area contributed by atoms with Crippen LogP contribution in [0.25, 0.3) is 0 Å². The Kier molecular flexibility index (Phi) is 5.96. The molecule has 2 heterocycles. The fourth-order valence-corrected chi connectivity index (χ4v) is 3.45. The summed E-state index contributed by atoms with van der Waals surface area (Å²) < 4.78 is 5.70. The number of hydrogen-bond acceptors (Lipinski definition) is 3. The van der Waals surface area contributed by atoms with Gasteiger partial charge in [0.1, 0.15) is 0 Å². The zero-order valence-electron chi connectivity index (χ0n) is 11.0. The molecule has 2 rings (SSSR count). The summed E-state index contributed by atoms with van der Waals surface area (Å²) in [4.78, 5) is 5.52. The van der Waals surface area contributed by atoms with E-state index < -0.39 is 0 Å². The highest BCUT2D eigenvalue weighted by Gasteiger charge is 2.19. The van der Waals surface area contributed by atoms with Crippen LogP contribution in [0, 0.1) is 0 Å². The molecule has 2 nitrogen and oxygen atoms in total. The molecule has 4 heteroatoms. The molecule has 1 aromatic rings. The van der Waals surface area contributed by atoms with Crippen LogP contribution in [0.3, 0.4) is 0 Å². The Labute approximate surface area is 119 Å². The Hall–Kier alpha value is -0.0900. The van der Waals surface area contributed by atoms with Gasteiger partial charge in [-0.25, -0.2) is 0 Å². The van der Waals surface area contributed by atoms with Crippen LogP contribution in [0.15, 0.2) is 12.1 Å². The van der Waals surface area contributed by atoms with E-state index in [1.54, 1.807) is 0 Å². The van der Waals surface area contributed by atoms with Crippen LogP contribution >= 0.6 is 22.9 Å². The van der Waals surface area contributed by atoms with Crippen molar-refractivity contribution >= 4 is 22.9 Å². The molecule has 0 spiro atoms. The number of alkyl halides is 1. The van der Waals surface area contributed by atoms with Crippen molar-refractivity contribution in [2.24, 2.45) is 0 Å². The number of nitrogens with zero attached hydrogens (tertiary/aromatic N) is 1. The highest BCUT2D eigenvalue weighted by atomic mass is 35.5. The lowest BCUT2D eigenvalue weighted by molar-refractivity contribution is 0.0137. The van der Waals surface area contributed by atoms with Crippen molar-refractivity contribution in [1.29, 1.82) is 0 Å². The molecule has 0 unspecified atom stereocenters. The van der Waals surface area contributed by atoms with Gasteiger partial charge in [0.2, 0.25) is 0 Å². The maximum atomic E-state index is 5.70. The van der Waals surface area contributed by atoms with Crippen LogP contribution in [-0.2, 0) is 17.7 Å². The molecular weight excluding hydrogens is 266 g/mol. The Bertz CT molecular complexity index is 347. The summed E-state index contributed by atoms with van der Waals surface area (Å²) in [6.07, 6.45) is 3.86. The minimum Gasteiger partial charge on any atom is -0.377 e. The molecule has 0 bridgehead atoms. The Morgan fingerprint density at radius 1 is 1.33 bits per heavy atom. The average Bonchev–Trinajstić information content (AvgIpc) is 2.86. The van der Waals surface area contributed by atoms with Gasteiger partial charge < -0.3 is 4.74 Å². The molecule has 0 aliphatic carbocycles. The number of hydrogen-bond donors (Lipinski definition) is 0. The van der Waals surface area contributed by atoms with Crippen LogP contribution in [0.2, 0.25) is 0 Å². The van der Waals surface area contributed by atoms with Crippen molar-refractivity contribution in [3.63, 3.8) is 0 Å². The molecule has 0 saturated carbocycles. The molecule has 0 N–H and O–H groups in total. The summed E-state index contributed by atoms with van der Waals surface area (Å²) in [7, 11) is 0.